The van der Waals surface area contributed by atoms with Gasteiger partial charge in [0.15, 0.2) is 0 Å². The molecule has 4 heterocycles. The molecule has 0 atom stereocenters. The molecule has 0 radical (unpaired) electrons. The summed E-state index contributed by atoms with van der Waals surface area (Å²) in [7, 11) is 0. The van der Waals surface area contributed by atoms with Gasteiger partial charge in [0.05, 0.1) is 26.4 Å². The Labute approximate surface area is 136 Å². The highest BCUT2D eigenvalue weighted by Gasteiger charge is 2.22. The first-order valence-electron chi connectivity index (χ1n) is 7.64. The van der Waals surface area contributed by atoms with Crippen molar-refractivity contribution in [1.82, 2.24) is 20.6 Å². The summed E-state index contributed by atoms with van der Waals surface area (Å²) in [6.07, 6.45) is 0. The van der Waals surface area contributed by atoms with Crippen molar-refractivity contribution >= 4 is 23.3 Å². The molecular formula is C12H16N8O4. The second kappa shape index (κ2) is 6.88. The molecule has 2 aromatic rings. The van der Waals surface area contributed by atoms with Gasteiger partial charge in [-0.2, -0.15) is 0 Å². The Morgan fingerprint density at radius 1 is 0.625 bits per heavy atom. The lowest BCUT2D eigenvalue weighted by Gasteiger charge is -2.25. The number of anilines is 2. The summed E-state index contributed by atoms with van der Waals surface area (Å²) in [5.74, 6) is 1.64. The second-order valence-corrected chi connectivity index (χ2v) is 5.22. The lowest BCUT2D eigenvalue weighted by molar-refractivity contribution is 0.122. The van der Waals surface area contributed by atoms with Gasteiger partial charge in [-0.15, -0.1) is 10.2 Å². The van der Waals surface area contributed by atoms with E-state index in [-0.39, 0.29) is 11.6 Å². The van der Waals surface area contributed by atoms with Crippen LogP contribution in [-0.4, -0.2) is 73.2 Å². The number of hydrogen-bond donors (Lipinski definition) is 0. The van der Waals surface area contributed by atoms with Crippen molar-refractivity contribution in [2.24, 2.45) is 10.2 Å². The Morgan fingerprint density at radius 2 is 1.04 bits per heavy atom. The van der Waals surface area contributed by atoms with E-state index in [4.69, 9.17) is 18.7 Å². The maximum Gasteiger partial charge on any atom is 0.261 e. The van der Waals surface area contributed by atoms with Crippen LogP contribution in [-0.2, 0) is 9.47 Å². The van der Waals surface area contributed by atoms with Crippen LogP contribution in [0.15, 0.2) is 19.5 Å². The fraction of sp³-hybridized carbons (Fsp3) is 0.667. The molecular weight excluding hydrogens is 320 g/mol. The van der Waals surface area contributed by atoms with Gasteiger partial charge in [-0.25, -0.2) is 9.26 Å². The highest BCUT2D eigenvalue weighted by molar-refractivity contribution is 5.58. The van der Waals surface area contributed by atoms with Crippen LogP contribution in [0.4, 0.5) is 23.3 Å². The molecule has 0 aromatic carbocycles. The monoisotopic (exact) mass is 336 g/mol. The summed E-state index contributed by atoms with van der Waals surface area (Å²) in [5.41, 5.74) is 0. The van der Waals surface area contributed by atoms with E-state index < -0.39 is 0 Å². The number of hydrogen-bond acceptors (Lipinski definition) is 12. The molecule has 0 saturated carbocycles. The van der Waals surface area contributed by atoms with Gasteiger partial charge in [0.25, 0.3) is 11.6 Å². The maximum absolute atomic E-state index is 5.32. The average Bonchev–Trinajstić information content (AvgIpc) is 3.30. The summed E-state index contributed by atoms with van der Waals surface area (Å²) in [6.45, 7) is 5.27. The van der Waals surface area contributed by atoms with Crippen LogP contribution in [0.2, 0.25) is 0 Å². The Bertz CT molecular complexity index is 631. The zero-order chi connectivity index (χ0) is 16.2. The third kappa shape index (κ3) is 3.05. The normalized spacial score (nSPS) is 19.3. The number of rotatable bonds is 4. The van der Waals surface area contributed by atoms with Gasteiger partial charge in [-0.05, 0) is 20.6 Å². The van der Waals surface area contributed by atoms with Crippen molar-refractivity contribution in [1.29, 1.82) is 0 Å². The molecule has 12 nitrogen and oxygen atoms in total. The van der Waals surface area contributed by atoms with Gasteiger partial charge < -0.3 is 19.3 Å². The molecule has 0 N–H and O–H groups in total. The molecule has 2 aliphatic heterocycles. The third-order valence-electron chi connectivity index (χ3n) is 3.77. The molecule has 0 unspecified atom stereocenters. The van der Waals surface area contributed by atoms with E-state index >= 15 is 0 Å². The van der Waals surface area contributed by atoms with Crippen LogP contribution >= 0.6 is 0 Å². The lowest BCUT2D eigenvalue weighted by Crippen LogP contribution is -2.36. The second-order valence-electron chi connectivity index (χ2n) is 5.22. The first-order chi connectivity index (χ1) is 11.9. The zero-order valence-corrected chi connectivity index (χ0v) is 12.9. The van der Waals surface area contributed by atoms with Gasteiger partial charge >= 0.3 is 0 Å². The smallest absolute Gasteiger partial charge is 0.261 e. The van der Waals surface area contributed by atoms with E-state index in [1.165, 1.54) is 0 Å². The topological polar surface area (TPSA) is 128 Å². The number of nitrogens with zero attached hydrogens (tertiary/aromatic N) is 8. The van der Waals surface area contributed by atoms with Gasteiger partial charge in [-0.3, -0.25) is 0 Å². The number of ether oxygens (including phenoxy) is 2. The fourth-order valence-electron chi connectivity index (χ4n) is 2.53. The molecule has 0 aliphatic carbocycles. The van der Waals surface area contributed by atoms with Crippen LogP contribution in [0.1, 0.15) is 0 Å². The van der Waals surface area contributed by atoms with Crippen molar-refractivity contribution in [3.63, 3.8) is 0 Å². The van der Waals surface area contributed by atoms with E-state index in [2.05, 4.69) is 30.9 Å². The number of aromatic nitrogens is 4. The van der Waals surface area contributed by atoms with Crippen LogP contribution in [0.25, 0.3) is 0 Å². The van der Waals surface area contributed by atoms with Crippen LogP contribution in [0.5, 0.6) is 0 Å². The molecule has 128 valence electrons. The first kappa shape index (κ1) is 15.0. The highest BCUT2D eigenvalue weighted by Crippen LogP contribution is 2.29. The van der Waals surface area contributed by atoms with Crippen LogP contribution in [0, 0.1) is 0 Å². The molecule has 2 saturated heterocycles. The average molecular weight is 336 g/mol. The molecule has 0 amide bonds. The van der Waals surface area contributed by atoms with Crippen LogP contribution < -0.4 is 9.80 Å². The predicted molar refractivity (Wildman–Crippen MR) is 78.8 cm³/mol. The zero-order valence-electron chi connectivity index (χ0n) is 12.9. The maximum atomic E-state index is 5.32. The van der Waals surface area contributed by atoms with Gasteiger partial charge in [0.1, 0.15) is 0 Å². The third-order valence-corrected chi connectivity index (χ3v) is 3.77. The van der Waals surface area contributed by atoms with E-state index in [0.717, 1.165) is 0 Å². The molecule has 2 fully saturated rings. The predicted octanol–water partition coefficient (Wildman–Crippen LogP) is 0.541. The summed E-state index contributed by atoms with van der Waals surface area (Å²) in [5, 5.41) is 23.6. The highest BCUT2D eigenvalue weighted by atomic mass is 16.6. The van der Waals surface area contributed by atoms with Crippen molar-refractivity contribution < 1.29 is 18.7 Å². The molecule has 0 spiro atoms. The standard InChI is InChI=1S/C12H16N8O4/c1-5-21-6-2-19(1)11-9(15-23-17-11)13-14-10-12(18-24-16-10)20-3-7-22-8-4-20/h1-8H2. The Hall–Kier alpha value is -2.60. The first-order valence-corrected chi connectivity index (χ1v) is 7.64. The van der Waals surface area contributed by atoms with Crippen molar-refractivity contribution in [2.45, 2.75) is 0 Å². The molecule has 4 rings (SSSR count). The molecule has 24 heavy (non-hydrogen) atoms. The van der Waals surface area contributed by atoms with Crippen LogP contribution in [0.3, 0.4) is 0 Å². The summed E-state index contributed by atoms with van der Waals surface area (Å²) in [4.78, 5) is 3.97. The quantitative estimate of drug-likeness (QED) is 0.730. The number of morpholine rings is 2. The summed E-state index contributed by atoms with van der Waals surface area (Å²) in [6, 6.07) is 0. The van der Waals surface area contributed by atoms with Crippen molar-refractivity contribution in [2.75, 3.05) is 62.4 Å². The summed E-state index contributed by atoms with van der Waals surface area (Å²) >= 11 is 0. The minimum absolute atomic E-state index is 0.285. The Kier molecular flexibility index (Phi) is 4.29. The Morgan fingerprint density at radius 3 is 1.46 bits per heavy atom. The van der Waals surface area contributed by atoms with E-state index in [1.54, 1.807) is 0 Å². The fourth-order valence-corrected chi connectivity index (χ4v) is 2.53. The molecule has 2 aliphatic rings. The van der Waals surface area contributed by atoms with E-state index in [1.807, 2.05) is 9.80 Å². The SMILES string of the molecule is C1CN(c2nonc2N=Nc2nonc2N2CCOCC2)CCO1. The van der Waals surface area contributed by atoms with Crippen molar-refractivity contribution in [3.8, 4) is 0 Å². The minimum atomic E-state index is 0.285. The molecule has 0 bridgehead atoms. The molecule has 2 aromatic heterocycles. The van der Waals surface area contributed by atoms with E-state index in [0.29, 0.717) is 64.2 Å². The Balaban J connectivity index is 1.52. The van der Waals surface area contributed by atoms with Gasteiger partial charge in [-0.1, -0.05) is 0 Å². The summed E-state index contributed by atoms with van der Waals surface area (Å²) < 4.78 is 20.2. The van der Waals surface area contributed by atoms with Gasteiger partial charge in [0, 0.05) is 26.2 Å². The largest absolute Gasteiger partial charge is 0.378 e. The molecule has 12 heteroatoms. The van der Waals surface area contributed by atoms with E-state index in [9.17, 15) is 0 Å². The minimum Gasteiger partial charge on any atom is -0.378 e. The lowest BCUT2D eigenvalue weighted by atomic mass is 10.4. The number of azo groups is 1. The van der Waals surface area contributed by atoms with Crippen molar-refractivity contribution in [3.05, 3.63) is 0 Å². The van der Waals surface area contributed by atoms with Gasteiger partial charge in [0.2, 0.25) is 11.6 Å².